The number of carbonyl (C=O) groups excluding carboxylic acids is 1. The summed E-state index contributed by atoms with van der Waals surface area (Å²) in [6.07, 6.45) is 3.05. The van der Waals surface area contributed by atoms with Gasteiger partial charge in [-0.2, -0.15) is 0 Å². The number of fused-ring (bicyclic) bond motifs is 1. The first-order chi connectivity index (χ1) is 11.7. The van der Waals surface area contributed by atoms with E-state index >= 15 is 0 Å². The van der Waals surface area contributed by atoms with E-state index in [9.17, 15) is 4.79 Å². The van der Waals surface area contributed by atoms with Crippen molar-refractivity contribution in [2.24, 2.45) is 0 Å². The Morgan fingerprint density at radius 3 is 2.46 bits per heavy atom. The number of hydrogen-bond acceptors (Lipinski definition) is 2. The molecular weight excluding hydrogens is 320 g/mol. The zero-order chi connectivity index (χ0) is 16.7. The lowest BCUT2D eigenvalue weighted by atomic mass is 10.1. The van der Waals surface area contributed by atoms with Gasteiger partial charge in [0.25, 0.3) is 0 Å². The molecule has 0 N–H and O–H groups in total. The van der Waals surface area contributed by atoms with Crippen LogP contribution < -0.4 is 4.90 Å². The van der Waals surface area contributed by atoms with Gasteiger partial charge in [0.05, 0.1) is 6.04 Å². The number of benzene rings is 2. The van der Waals surface area contributed by atoms with Gasteiger partial charge in [-0.1, -0.05) is 42.8 Å². The van der Waals surface area contributed by atoms with E-state index in [0.29, 0.717) is 5.02 Å². The highest BCUT2D eigenvalue weighted by molar-refractivity contribution is 6.30. The number of nitrogens with zero attached hydrogens (tertiary/aromatic N) is 2. The van der Waals surface area contributed by atoms with Crippen molar-refractivity contribution in [3.63, 3.8) is 0 Å². The number of anilines is 1. The number of rotatable bonds is 3. The fourth-order valence-electron chi connectivity index (χ4n) is 3.91. The van der Waals surface area contributed by atoms with E-state index in [1.807, 2.05) is 29.2 Å². The largest absolute Gasteiger partial charge is 0.291 e. The lowest BCUT2D eigenvalue weighted by Crippen LogP contribution is -2.32. The van der Waals surface area contributed by atoms with Gasteiger partial charge in [0.2, 0.25) is 5.91 Å². The summed E-state index contributed by atoms with van der Waals surface area (Å²) in [5.41, 5.74) is 3.42. The Morgan fingerprint density at radius 1 is 1.08 bits per heavy atom. The van der Waals surface area contributed by atoms with Crippen LogP contribution in [-0.4, -0.2) is 23.4 Å². The van der Waals surface area contributed by atoms with Crippen molar-refractivity contribution >= 4 is 23.2 Å². The molecule has 0 aliphatic carbocycles. The van der Waals surface area contributed by atoms with Crippen LogP contribution in [0.1, 0.15) is 37.1 Å². The SMILES string of the molecule is CCc1ccc(C2N(c3ccc(Cl)cc3)C(=O)C3CCCN32)cc1. The van der Waals surface area contributed by atoms with Gasteiger partial charge in [0, 0.05) is 17.3 Å². The fourth-order valence-corrected chi connectivity index (χ4v) is 4.04. The standard InChI is InChI=1S/C20H21ClN2O/c1-2-14-5-7-15(8-6-14)19-22-13-3-4-18(22)20(24)23(19)17-11-9-16(21)10-12-17/h5-12,18-19H,2-4,13H2,1H3. The monoisotopic (exact) mass is 340 g/mol. The average Bonchev–Trinajstić information content (AvgIpc) is 3.18. The molecule has 2 heterocycles. The minimum Gasteiger partial charge on any atom is -0.291 e. The van der Waals surface area contributed by atoms with Crippen LogP contribution in [0.5, 0.6) is 0 Å². The van der Waals surface area contributed by atoms with Crippen molar-refractivity contribution in [3.05, 3.63) is 64.7 Å². The van der Waals surface area contributed by atoms with Gasteiger partial charge in [0.1, 0.15) is 6.17 Å². The maximum atomic E-state index is 13.0. The van der Waals surface area contributed by atoms with Crippen LogP contribution in [0.2, 0.25) is 5.02 Å². The van der Waals surface area contributed by atoms with Crippen LogP contribution in [0.4, 0.5) is 5.69 Å². The smallest absolute Gasteiger partial charge is 0.246 e. The van der Waals surface area contributed by atoms with E-state index in [1.54, 1.807) is 0 Å². The van der Waals surface area contributed by atoms with Crippen molar-refractivity contribution in [1.29, 1.82) is 0 Å². The van der Waals surface area contributed by atoms with Crippen LogP contribution in [0.15, 0.2) is 48.5 Å². The molecule has 124 valence electrons. The maximum Gasteiger partial charge on any atom is 0.246 e. The Labute approximate surface area is 147 Å². The molecule has 0 saturated carbocycles. The third-order valence-electron chi connectivity index (χ3n) is 5.17. The molecule has 0 spiro atoms. The van der Waals surface area contributed by atoms with Crippen molar-refractivity contribution in [1.82, 2.24) is 4.90 Å². The number of amides is 1. The third-order valence-corrected chi connectivity index (χ3v) is 5.42. The first-order valence-electron chi connectivity index (χ1n) is 8.62. The summed E-state index contributed by atoms with van der Waals surface area (Å²) in [4.78, 5) is 17.3. The normalized spacial score (nSPS) is 23.8. The van der Waals surface area contributed by atoms with E-state index in [2.05, 4.69) is 36.1 Å². The molecule has 4 heteroatoms. The molecule has 2 aromatic carbocycles. The van der Waals surface area contributed by atoms with Gasteiger partial charge in [-0.25, -0.2) is 0 Å². The lowest BCUT2D eigenvalue weighted by molar-refractivity contribution is -0.119. The van der Waals surface area contributed by atoms with Gasteiger partial charge < -0.3 is 0 Å². The molecular formula is C20H21ClN2O. The van der Waals surface area contributed by atoms with Crippen LogP contribution >= 0.6 is 11.6 Å². The van der Waals surface area contributed by atoms with E-state index in [1.165, 1.54) is 11.1 Å². The zero-order valence-corrected chi connectivity index (χ0v) is 14.5. The van der Waals surface area contributed by atoms with Crippen LogP contribution in [0.3, 0.4) is 0 Å². The van der Waals surface area contributed by atoms with Crippen LogP contribution in [-0.2, 0) is 11.2 Å². The van der Waals surface area contributed by atoms with Crippen LogP contribution in [0, 0.1) is 0 Å². The van der Waals surface area contributed by atoms with E-state index < -0.39 is 0 Å². The molecule has 2 fully saturated rings. The maximum absolute atomic E-state index is 13.0. The van der Waals surface area contributed by atoms with Crippen molar-refractivity contribution in [2.75, 3.05) is 11.4 Å². The molecule has 3 nitrogen and oxygen atoms in total. The number of aryl methyl sites for hydroxylation is 1. The van der Waals surface area contributed by atoms with Crippen LogP contribution in [0.25, 0.3) is 0 Å². The minimum atomic E-state index is -0.0166. The molecule has 24 heavy (non-hydrogen) atoms. The van der Waals surface area contributed by atoms with E-state index in [-0.39, 0.29) is 18.1 Å². The molecule has 4 rings (SSSR count). The second-order valence-corrected chi connectivity index (χ2v) is 6.99. The van der Waals surface area contributed by atoms with Gasteiger partial charge in [-0.05, 0) is 54.7 Å². The Kier molecular flexibility index (Phi) is 4.07. The summed E-state index contributed by atoms with van der Waals surface area (Å²) < 4.78 is 0. The van der Waals surface area contributed by atoms with E-state index in [4.69, 9.17) is 11.6 Å². The second-order valence-electron chi connectivity index (χ2n) is 6.55. The molecule has 2 aromatic rings. The predicted octanol–water partition coefficient (Wildman–Crippen LogP) is 4.41. The van der Waals surface area contributed by atoms with Gasteiger partial charge in [-0.15, -0.1) is 0 Å². The van der Waals surface area contributed by atoms with E-state index in [0.717, 1.165) is 31.5 Å². The van der Waals surface area contributed by atoms with Crippen molar-refractivity contribution in [3.8, 4) is 0 Å². The number of carbonyl (C=O) groups is 1. The summed E-state index contributed by atoms with van der Waals surface area (Å²) in [6.45, 7) is 3.13. The third kappa shape index (κ3) is 2.52. The Morgan fingerprint density at radius 2 is 1.79 bits per heavy atom. The van der Waals surface area contributed by atoms with Crippen molar-refractivity contribution < 1.29 is 4.79 Å². The van der Waals surface area contributed by atoms with Gasteiger partial charge >= 0.3 is 0 Å². The lowest BCUT2D eigenvalue weighted by Gasteiger charge is -2.30. The molecule has 2 atom stereocenters. The van der Waals surface area contributed by atoms with Gasteiger partial charge in [-0.3, -0.25) is 14.6 Å². The molecule has 1 amide bonds. The van der Waals surface area contributed by atoms with Gasteiger partial charge in [0.15, 0.2) is 0 Å². The topological polar surface area (TPSA) is 23.6 Å². The number of hydrogen-bond donors (Lipinski definition) is 0. The highest BCUT2D eigenvalue weighted by Crippen LogP contribution is 2.42. The second kappa shape index (κ2) is 6.23. The highest BCUT2D eigenvalue weighted by Gasteiger charge is 2.49. The Hall–Kier alpha value is -1.84. The summed E-state index contributed by atoms with van der Waals surface area (Å²) >= 11 is 6.02. The Bertz CT molecular complexity index is 741. The summed E-state index contributed by atoms with van der Waals surface area (Å²) in [5.74, 6) is 0.208. The minimum absolute atomic E-state index is 0.0107. The van der Waals surface area contributed by atoms with Crippen molar-refractivity contribution in [2.45, 2.75) is 38.4 Å². The summed E-state index contributed by atoms with van der Waals surface area (Å²) in [5, 5.41) is 0.690. The molecule has 2 aliphatic rings. The molecule has 0 aromatic heterocycles. The highest BCUT2D eigenvalue weighted by atomic mass is 35.5. The first-order valence-corrected chi connectivity index (χ1v) is 9.00. The first kappa shape index (κ1) is 15.7. The molecule has 0 radical (unpaired) electrons. The average molecular weight is 341 g/mol. The summed E-state index contributed by atoms with van der Waals surface area (Å²) in [6, 6.07) is 16.3. The molecule has 2 unspecified atom stereocenters. The fraction of sp³-hybridized carbons (Fsp3) is 0.350. The molecule has 2 aliphatic heterocycles. The molecule has 2 saturated heterocycles. The number of halogens is 1. The molecule has 0 bridgehead atoms. The zero-order valence-electron chi connectivity index (χ0n) is 13.8. The quantitative estimate of drug-likeness (QED) is 0.826. The summed E-state index contributed by atoms with van der Waals surface area (Å²) in [7, 11) is 0. The predicted molar refractivity (Wildman–Crippen MR) is 97.2 cm³/mol. The Balaban J connectivity index is 1.76.